The summed E-state index contributed by atoms with van der Waals surface area (Å²) in [7, 11) is 1.66. The van der Waals surface area contributed by atoms with E-state index >= 15 is 0 Å². The predicted octanol–water partition coefficient (Wildman–Crippen LogP) is 3.06. The molecule has 1 heterocycles. The van der Waals surface area contributed by atoms with E-state index in [1.54, 1.807) is 25.5 Å². The summed E-state index contributed by atoms with van der Waals surface area (Å²) in [6.45, 7) is 3.59. The molecule has 0 fully saturated rings. The molecule has 0 saturated carbocycles. The van der Waals surface area contributed by atoms with Crippen molar-refractivity contribution < 1.29 is 27.5 Å². The van der Waals surface area contributed by atoms with Gasteiger partial charge in [-0.15, -0.1) is 10.2 Å². The zero-order chi connectivity index (χ0) is 20.9. The summed E-state index contributed by atoms with van der Waals surface area (Å²) >= 11 is 1.11. The molecular formula is C17H19F3N4O3S. The van der Waals surface area contributed by atoms with E-state index in [9.17, 15) is 22.8 Å². The molecular weight excluding hydrogens is 397 g/mol. The molecule has 152 valence electrons. The molecule has 0 saturated heterocycles. The van der Waals surface area contributed by atoms with Crippen molar-refractivity contribution in [1.82, 2.24) is 14.8 Å². The molecule has 11 heteroatoms. The number of alkyl halides is 3. The number of rotatable bonds is 7. The highest BCUT2D eigenvalue weighted by atomic mass is 32.2. The van der Waals surface area contributed by atoms with Gasteiger partial charge in [0.15, 0.2) is 5.16 Å². The van der Waals surface area contributed by atoms with Gasteiger partial charge in [-0.1, -0.05) is 11.8 Å². The van der Waals surface area contributed by atoms with E-state index in [-0.39, 0.29) is 18.7 Å². The van der Waals surface area contributed by atoms with Crippen LogP contribution in [0.5, 0.6) is 0 Å². The average Bonchev–Trinajstić information content (AvgIpc) is 2.95. The molecule has 0 unspecified atom stereocenters. The summed E-state index contributed by atoms with van der Waals surface area (Å²) in [6, 6.07) is 4.19. The van der Waals surface area contributed by atoms with E-state index in [2.05, 4.69) is 15.5 Å². The fraction of sp³-hybridized carbons (Fsp3) is 0.412. The van der Waals surface area contributed by atoms with Gasteiger partial charge in [0.1, 0.15) is 12.2 Å². The Hall–Kier alpha value is -2.56. The summed E-state index contributed by atoms with van der Waals surface area (Å²) in [4.78, 5) is 23.8. The van der Waals surface area contributed by atoms with E-state index in [1.165, 1.54) is 12.1 Å². The van der Waals surface area contributed by atoms with E-state index in [4.69, 9.17) is 4.74 Å². The lowest BCUT2D eigenvalue weighted by Crippen LogP contribution is -2.23. The Bertz CT molecular complexity index is 837. The topological polar surface area (TPSA) is 86.1 Å². The smallest absolute Gasteiger partial charge is 0.416 e. The lowest BCUT2D eigenvalue weighted by Gasteiger charge is -2.12. The Labute approximate surface area is 163 Å². The van der Waals surface area contributed by atoms with Crippen LogP contribution in [0.3, 0.4) is 0 Å². The Morgan fingerprint density at radius 3 is 2.46 bits per heavy atom. The number of benzene rings is 1. The second-order valence-corrected chi connectivity index (χ2v) is 7.07. The number of carbonyl (C=O) groups excluding carboxylic acids is 2. The first-order chi connectivity index (χ1) is 13.1. The fourth-order valence-electron chi connectivity index (χ4n) is 2.14. The molecule has 2 rings (SSSR count). The number of amides is 1. The van der Waals surface area contributed by atoms with Crippen LogP contribution in [0.15, 0.2) is 29.4 Å². The Morgan fingerprint density at radius 1 is 1.25 bits per heavy atom. The van der Waals surface area contributed by atoms with Crippen LogP contribution in [0, 0.1) is 0 Å². The number of hydrogen-bond acceptors (Lipinski definition) is 6. The molecule has 0 radical (unpaired) electrons. The highest BCUT2D eigenvalue weighted by Gasteiger charge is 2.30. The van der Waals surface area contributed by atoms with Gasteiger partial charge in [0.25, 0.3) is 0 Å². The van der Waals surface area contributed by atoms with Gasteiger partial charge in [-0.25, -0.2) is 0 Å². The number of anilines is 1. The highest BCUT2D eigenvalue weighted by Crippen LogP contribution is 2.30. The van der Waals surface area contributed by atoms with Crippen LogP contribution in [0.4, 0.5) is 18.9 Å². The number of ether oxygens (including phenoxy) is 1. The van der Waals surface area contributed by atoms with Crippen molar-refractivity contribution in [3.8, 4) is 0 Å². The van der Waals surface area contributed by atoms with Crippen molar-refractivity contribution in [2.45, 2.75) is 36.9 Å². The van der Waals surface area contributed by atoms with Crippen LogP contribution in [-0.4, -0.2) is 38.5 Å². The number of thioether (sulfide) groups is 1. The lowest BCUT2D eigenvalue weighted by molar-refractivity contribution is -0.142. The summed E-state index contributed by atoms with van der Waals surface area (Å²) < 4.78 is 44.2. The van der Waals surface area contributed by atoms with Crippen molar-refractivity contribution in [3.05, 3.63) is 35.7 Å². The number of nitrogens with one attached hydrogen (secondary N) is 1. The van der Waals surface area contributed by atoms with Crippen molar-refractivity contribution >= 4 is 29.3 Å². The SMILES string of the molecule is CCOC(=O)Cc1nnc(S[C@@H](C)C(=O)Nc2ccc(C(F)(F)F)cc2)n1C. The Kier molecular flexibility index (Phi) is 7.05. The van der Waals surface area contributed by atoms with Crippen molar-refractivity contribution in [3.63, 3.8) is 0 Å². The van der Waals surface area contributed by atoms with E-state index in [0.717, 1.165) is 23.9 Å². The molecule has 0 aliphatic rings. The maximum absolute atomic E-state index is 12.6. The third-order valence-corrected chi connectivity index (χ3v) is 4.80. The summed E-state index contributed by atoms with van der Waals surface area (Å²) in [5, 5.41) is 10.3. The molecule has 28 heavy (non-hydrogen) atoms. The molecule has 0 aliphatic carbocycles. The third-order valence-electron chi connectivity index (χ3n) is 3.66. The summed E-state index contributed by atoms with van der Waals surface area (Å²) in [6.07, 6.45) is -4.47. The van der Waals surface area contributed by atoms with Gasteiger partial charge in [-0.3, -0.25) is 9.59 Å². The lowest BCUT2D eigenvalue weighted by atomic mass is 10.2. The van der Waals surface area contributed by atoms with Gasteiger partial charge < -0.3 is 14.6 Å². The molecule has 2 aromatic rings. The number of carbonyl (C=O) groups is 2. The van der Waals surface area contributed by atoms with E-state index in [0.29, 0.717) is 11.0 Å². The second-order valence-electron chi connectivity index (χ2n) is 5.76. The average molecular weight is 416 g/mol. The fourth-order valence-corrected chi connectivity index (χ4v) is 2.97. The zero-order valence-electron chi connectivity index (χ0n) is 15.4. The zero-order valence-corrected chi connectivity index (χ0v) is 16.2. The maximum atomic E-state index is 12.6. The molecule has 1 amide bonds. The molecule has 0 aliphatic heterocycles. The largest absolute Gasteiger partial charge is 0.466 e. The Morgan fingerprint density at radius 2 is 1.89 bits per heavy atom. The monoisotopic (exact) mass is 416 g/mol. The Balaban J connectivity index is 1.97. The first-order valence-corrected chi connectivity index (χ1v) is 9.18. The maximum Gasteiger partial charge on any atom is 0.416 e. The number of hydrogen-bond donors (Lipinski definition) is 1. The minimum Gasteiger partial charge on any atom is -0.466 e. The third kappa shape index (κ3) is 5.72. The van der Waals surface area contributed by atoms with Crippen LogP contribution in [0.25, 0.3) is 0 Å². The normalized spacial score (nSPS) is 12.5. The van der Waals surface area contributed by atoms with Crippen molar-refractivity contribution in [2.24, 2.45) is 7.05 Å². The minimum absolute atomic E-state index is 0.0377. The minimum atomic E-state index is -4.43. The van der Waals surface area contributed by atoms with E-state index < -0.39 is 28.9 Å². The van der Waals surface area contributed by atoms with Crippen LogP contribution in [0.1, 0.15) is 25.2 Å². The molecule has 1 aromatic heterocycles. The molecule has 0 bridgehead atoms. The highest BCUT2D eigenvalue weighted by molar-refractivity contribution is 8.00. The van der Waals surface area contributed by atoms with Crippen molar-refractivity contribution in [2.75, 3.05) is 11.9 Å². The first-order valence-electron chi connectivity index (χ1n) is 8.30. The van der Waals surface area contributed by atoms with Crippen LogP contribution >= 0.6 is 11.8 Å². The van der Waals surface area contributed by atoms with Crippen LogP contribution in [-0.2, 0) is 34.0 Å². The molecule has 1 atom stereocenters. The van der Waals surface area contributed by atoms with Crippen LogP contribution < -0.4 is 5.32 Å². The van der Waals surface area contributed by atoms with Gasteiger partial charge in [-0.05, 0) is 38.1 Å². The van der Waals surface area contributed by atoms with E-state index in [1.807, 2.05) is 0 Å². The molecule has 1 aromatic carbocycles. The number of aromatic nitrogens is 3. The van der Waals surface area contributed by atoms with Gasteiger partial charge in [0.05, 0.1) is 17.4 Å². The van der Waals surface area contributed by atoms with Gasteiger partial charge in [0.2, 0.25) is 5.91 Å². The molecule has 1 N–H and O–H groups in total. The summed E-state index contributed by atoms with van der Waals surface area (Å²) in [5.41, 5.74) is -0.535. The number of nitrogens with zero attached hydrogens (tertiary/aromatic N) is 3. The number of esters is 1. The quantitative estimate of drug-likeness (QED) is 0.552. The van der Waals surface area contributed by atoms with Gasteiger partial charge in [0, 0.05) is 12.7 Å². The molecule has 7 nitrogen and oxygen atoms in total. The van der Waals surface area contributed by atoms with Gasteiger partial charge >= 0.3 is 12.1 Å². The summed E-state index contributed by atoms with van der Waals surface area (Å²) in [5.74, 6) is -0.432. The van der Waals surface area contributed by atoms with Crippen LogP contribution in [0.2, 0.25) is 0 Å². The molecule has 0 spiro atoms. The standard InChI is InChI=1S/C17H19F3N4O3S/c1-4-27-14(25)9-13-22-23-16(24(13)3)28-10(2)15(26)21-12-7-5-11(6-8-12)17(18,19)20/h5-8,10H,4,9H2,1-3H3,(H,21,26)/t10-/m0/s1. The second kappa shape index (κ2) is 9.09. The predicted molar refractivity (Wildman–Crippen MR) is 96.7 cm³/mol. The first kappa shape index (κ1) is 21.7. The van der Waals surface area contributed by atoms with Gasteiger partial charge in [-0.2, -0.15) is 13.2 Å². The van der Waals surface area contributed by atoms with Crippen molar-refractivity contribution in [1.29, 1.82) is 0 Å². The number of halogens is 3.